The van der Waals surface area contributed by atoms with Gasteiger partial charge < -0.3 is 21.1 Å². The van der Waals surface area contributed by atoms with Gasteiger partial charge in [-0.05, 0) is 14.0 Å². The van der Waals surface area contributed by atoms with Crippen LogP contribution in [0.1, 0.15) is 13.3 Å². The first-order chi connectivity index (χ1) is 7.54. The molecule has 4 N–H and O–H groups in total. The van der Waals surface area contributed by atoms with Gasteiger partial charge in [0, 0.05) is 18.5 Å². The largest absolute Gasteiger partial charge is 0.379 e. The van der Waals surface area contributed by atoms with Crippen molar-refractivity contribution < 1.29 is 14.3 Å². The Morgan fingerprint density at radius 2 is 2.19 bits per heavy atom. The molecular formula is C10H19N3O3. The number of nitrogens with one attached hydrogen (secondary N) is 2. The van der Waals surface area contributed by atoms with Crippen molar-refractivity contribution in [1.29, 1.82) is 0 Å². The summed E-state index contributed by atoms with van der Waals surface area (Å²) in [7, 11) is 1.80. The van der Waals surface area contributed by atoms with E-state index in [9.17, 15) is 9.59 Å². The number of hydrogen-bond donors (Lipinski definition) is 3. The highest BCUT2D eigenvalue weighted by Crippen LogP contribution is 2.13. The van der Waals surface area contributed by atoms with Gasteiger partial charge in [-0.1, -0.05) is 0 Å². The zero-order valence-electron chi connectivity index (χ0n) is 9.66. The van der Waals surface area contributed by atoms with Gasteiger partial charge in [-0.3, -0.25) is 9.59 Å². The molecule has 6 nitrogen and oxygen atoms in total. The van der Waals surface area contributed by atoms with Crippen LogP contribution in [-0.4, -0.2) is 44.2 Å². The molecule has 0 aliphatic carbocycles. The molecule has 0 spiro atoms. The molecule has 1 fully saturated rings. The normalized spacial score (nSPS) is 26.4. The zero-order valence-corrected chi connectivity index (χ0v) is 9.66. The number of carbonyl (C=O) groups excluding carboxylic acids is 2. The molecule has 6 heteroatoms. The Morgan fingerprint density at radius 1 is 1.50 bits per heavy atom. The summed E-state index contributed by atoms with van der Waals surface area (Å²) in [4.78, 5) is 22.5. The predicted molar refractivity (Wildman–Crippen MR) is 58.6 cm³/mol. The van der Waals surface area contributed by atoms with Gasteiger partial charge in [0.25, 0.3) is 0 Å². The summed E-state index contributed by atoms with van der Waals surface area (Å²) in [6.07, 6.45) is 0.156. The van der Waals surface area contributed by atoms with Crippen molar-refractivity contribution in [2.75, 3.05) is 20.3 Å². The number of hydrogen-bond acceptors (Lipinski definition) is 4. The molecule has 0 aromatic heterocycles. The van der Waals surface area contributed by atoms with E-state index in [2.05, 4.69) is 10.6 Å². The minimum absolute atomic E-state index is 0.0424. The van der Waals surface area contributed by atoms with Gasteiger partial charge in [0.1, 0.15) is 0 Å². The van der Waals surface area contributed by atoms with E-state index in [1.54, 1.807) is 14.0 Å². The first-order valence-electron chi connectivity index (χ1n) is 5.38. The summed E-state index contributed by atoms with van der Waals surface area (Å²) in [6.45, 7) is 2.71. The van der Waals surface area contributed by atoms with Crippen LogP contribution < -0.4 is 16.4 Å². The first kappa shape index (κ1) is 12.9. The van der Waals surface area contributed by atoms with Crippen molar-refractivity contribution in [3.8, 4) is 0 Å². The summed E-state index contributed by atoms with van der Waals surface area (Å²) in [5.74, 6) is -0.702. The highest BCUT2D eigenvalue weighted by atomic mass is 16.5. The second kappa shape index (κ2) is 5.81. The summed E-state index contributed by atoms with van der Waals surface area (Å²) in [5, 5.41) is 5.79. The Balaban J connectivity index is 2.42. The molecule has 0 radical (unpaired) electrons. The van der Waals surface area contributed by atoms with Gasteiger partial charge in [0.2, 0.25) is 11.8 Å². The van der Waals surface area contributed by atoms with Gasteiger partial charge >= 0.3 is 0 Å². The Bertz CT molecular complexity index is 270. The first-order valence-corrected chi connectivity index (χ1v) is 5.38. The topological polar surface area (TPSA) is 93.4 Å². The van der Waals surface area contributed by atoms with E-state index in [4.69, 9.17) is 10.5 Å². The van der Waals surface area contributed by atoms with Crippen LogP contribution in [0.15, 0.2) is 0 Å². The fraction of sp³-hybridized carbons (Fsp3) is 0.800. The molecule has 0 bridgehead atoms. The van der Waals surface area contributed by atoms with E-state index in [1.807, 2.05) is 0 Å². The van der Waals surface area contributed by atoms with Gasteiger partial charge in [0.15, 0.2) is 0 Å². The molecule has 0 aromatic carbocycles. The molecule has 16 heavy (non-hydrogen) atoms. The SMILES string of the molecule is CNC1COCC1C(=O)NC(C)CC(N)=O. The third-order valence-electron chi connectivity index (χ3n) is 2.68. The Kier molecular flexibility index (Phi) is 4.70. The lowest BCUT2D eigenvalue weighted by Crippen LogP contribution is -2.46. The highest BCUT2D eigenvalue weighted by molar-refractivity contribution is 5.81. The minimum Gasteiger partial charge on any atom is -0.379 e. The molecule has 92 valence electrons. The predicted octanol–water partition coefficient (Wildman–Crippen LogP) is -1.40. The van der Waals surface area contributed by atoms with Crippen LogP contribution >= 0.6 is 0 Å². The summed E-state index contributed by atoms with van der Waals surface area (Å²) in [6, 6.07) is -0.191. The van der Waals surface area contributed by atoms with Gasteiger partial charge in [-0.25, -0.2) is 0 Å². The average molecular weight is 229 g/mol. The third kappa shape index (κ3) is 3.46. The van der Waals surface area contributed by atoms with Crippen LogP contribution in [0.5, 0.6) is 0 Å². The smallest absolute Gasteiger partial charge is 0.227 e. The molecule has 3 unspecified atom stereocenters. The van der Waals surface area contributed by atoms with Crippen molar-refractivity contribution in [3.63, 3.8) is 0 Å². The molecule has 1 heterocycles. The number of primary amides is 1. The molecule has 1 saturated heterocycles. The number of nitrogens with two attached hydrogens (primary N) is 1. The Morgan fingerprint density at radius 3 is 2.75 bits per heavy atom. The van der Waals surface area contributed by atoms with Crippen LogP contribution in [0, 0.1) is 5.92 Å². The molecule has 0 saturated carbocycles. The molecule has 1 aliphatic heterocycles. The van der Waals surface area contributed by atoms with Gasteiger partial charge in [-0.2, -0.15) is 0 Å². The Labute approximate surface area is 94.9 Å². The van der Waals surface area contributed by atoms with Crippen molar-refractivity contribution in [1.82, 2.24) is 10.6 Å². The van der Waals surface area contributed by atoms with Crippen molar-refractivity contribution in [3.05, 3.63) is 0 Å². The van der Waals surface area contributed by atoms with E-state index in [0.29, 0.717) is 13.2 Å². The Hall–Kier alpha value is -1.14. The standard InChI is InChI=1S/C10H19N3O3/c1-6(3-9(11)14)13-10(15)7-4-16-5-8(7)12-2/h6-8,12H,3-5H2,1-2H3,(H2,11,14)(H,13,15). The van der Waals surface area contributed by atoms with Crippen LogP contribution in [0.25, 0.3) is 0 Å². The minimum atomic E-state index is -0.416. The number of rotatable bonds is 5. The second-order valence-corrected chi connectivity index (χ2v) is 4.12. The third-order valence-corrected chi connectivity index (χ3v) is 2.68. The molecule has 0 aromatic rings. The van der Waals surface area contributed by atoms with Crippen molar-refractivity contribution >= 4 is 11.8 Å². The van der Waals surface area contributed by atoms with Gasteiger partial charge in [0.05, 0.1) is 19.1 Å². The van der Waals surface area contributed by atoms with Crippen LogP contribution in [0.2, 0.25) is 0 Å². The van der Waals surface area contributed by atoms with Gasteiger partial charge in [-0.15, -0.1) is 0 Å². The number of ether oxygens (including phenoxy) is 1. The fourth-order valence-electron chi connectivity index (χ4n) is 1.80. The zero-order chi connectivity index (χ0) is 12.1. The molecule has 1 aliphatic rings. The fourth-order valence-corrected chi connectivity index (χ4v) is 1.80. The number of amides is 2. The summed E-state index contributed by atoms with van der Waals surface area (Å²) in [5.41, 5.74) is 5.05. The summed E-state index contributed by atoms with van der Waals surface area (Å²) >= 11 is 0. The quantitative estimate of drug-likeness (QED) is 0.540. The van der Waals surface area contributed by atoms with E-state index < -0.39 is 5.91 Å². The van der Waals surface area contributed by atoms with Crippen molar-refractivity contribution in [2.45, 2.75) is 25.4 Å². The maximum Gasteiger partial charge on any atom is 0.227 e. The lowest BCUT2D eigenvalue weighted by atomic mass is 10.0. The molecule has 2 amide bonds. The summed E-state index contributed by atoms with van der Waals surface area (Å²) < 4.78 is 5.23. The maximum atomic E-state index is 11.8. The van der Waals surface area contributed by atoms with Crippen LogP contribution in [0.4, 0.5) is 0 Å². The second-order valence-electron chi connectivity index (χ2n) is 4.12. The molecule has 3 atom stereocenters. The maximum absolute atomic E-state index is 11.8. The molecular weight excluding hydrogens is 210 g/mol. The highest BCUT2D eigenvalue weighted by Gasteiger charge is 2.33. The lowest BCUT2D eigenvalue weighted by molar-refractivity contribution is -0.126. The monoisotopic (exact) mass is 229 g/mol. The van der Waals surface area contributed by atoms with Crippen LogP contribution in [-0.2, 0) is 14.3 Å². The van der Waals surface area contributed by atoms with E-state index >= 15 is 0 Å². The number of carbonyl (C=O) groups is 2. The van der Waals surface area contributed by atoms with E-state index in [1.165, 1.54) is 0 Å². The number of likely N-dealkylation sites (N-methyl/N-ethyl adjacent to an activating group) is 1. The van der Waals surface area contributed by atoms with Crippen LogP contribution in [0.3, 0.4) is 0 Å². The van der Waals surface area contributed by atoms with Crippen molar-refractivity contribution in [2.24, 2.45) is 11.7 Å². The molecule has 1 rings (SSSR count). The lowest BCUT2D eigenvalue weighted by Gasteiger charge is -2.19. The average Bonchev–Trinajstić information content (AvgIpc) is 2.63. The van der Waals surface area contributed by atoms with E-state index in [-0.39, 0.29) is 30.3 Å². The van der Waals surface area contributed by atoms with E-state index in [0.717, 1.165) is 0 Å².